The first kappa shape index (κ1) is 14.4. The lowest BCUT2D eigenvalue weighted by atomic mass is 10.2. The van der Waals surface area contributed by atoms with Crippen LogP contribution < -0.4 is 5.32 Å². The highest BCUT2D eigenvalue weighted by Gasteiger charge is 2.26. The van der Waals surface area contributed by atoms with Crippen LogP contribution in [0.15, 0.2) is 29.1 Å². The molecular weight excluding hydrogens is 288 g/mol. The molecule has 1 aliphatic rings. The Morgan fingerprint density at radius 1 is 1.38 bits per heavy atom. The topological polar surface area (TPSA) is 54.2 Å². The number of aryl methyl sites for hydroxylation is 1. The molecule has 112 valence electrons. The Kier molecular flexibility index (Phi) is 4.41. The van der Waals surface area contributed by atoms with E-state index in [1.54, 1.807) is 6.20 Å². The molecule has 1 atom stereocenters. The summed E-state index contributed by atoms with van der Waals surface area (Å²) in [4.78, 5) is 10.5. The molecular formula is C15H19ClN4O. The fourth-order valence-electron chi connectivity index (χ4n) is 2.73. The number of nitrogens with zero attached hydrogens (tertiary/aromatic N) is 3. The van der Waals surface area contributed by atoms with Crippen LogP contribution in [0.5, 0.6) is 0 Å². The molecule has 0 bridgehead atoms. The van der Waals surface area contributed by atoms with Gasteiger partial charge in [0.15, 0.2) is 0 Å². The third-order valence-electron chi connectivity index (χ3n) is 3.80. The van der Waals surface area contributed by atoms with Crippen molar-refractivity contribution in [2.75, 3.05) is 25.0 Å². The van der Waals surface area contributed by atoms with Gasteiger partial charge in [0.2, 0.25) is 0 Å². The van der Waals surface area contributed by atoms with Crippen LogP contribution in [0.25, 0.3) is 0 Å². The molecule has 6 heteroatoms. The van der Waals surface area contributed by atoms with Gasteiger partial charge in [-0.3, -0.25) is 4.90 Å². The maximum Gasteiger partial charge on any atom is 0.148 e. The Morgan fingerprint density at radius 3 is 2.86 bits per heavy atom. The molecule has 3 heterocycles. The number of rotatable bonds is 5. The quantitative estimate of drug-likeness (QED) is 0.918. The van der Waals surface area contributed by atoms with Crippen molar-refractivity contribution in [1.29, 1.82) is 0 Å². The summed E-state index contributed by atoms with van der Waals surface area (Å²) in [5.74, 6) is 2.60. The average molecular weight is 307 g/mol. The van der Waals surface area contributed by atoms with E-state index in [0.717, 1.165) is 24.6 Å². The highest BCUT2D eigenvalue weighted by Crippen LogP contribution is 2.27. The number of hydrogen-bond acceptors (Lipinski definition) is 5. The van der Waals surface area contributed by atoms with Gasteiger partial charge in [-0.05, 0) is 45.0 Å². The predicted molar refractivity (Wildman–Crippen MR) is 82.5 cm³/mol. The molecule has 2 aromatic heterocycles. The number of halogens is 1. The maximum atomic E-state index is 6.09. The zero-order chi connectivity index (χ0) is 14.7. The first-order chi connectivity index (χ1) is 10.2. The number of likely N-dealkylation sites (tertiary alicyclic amines) is 1. The van der Waals surface area contributed by atoms with E-state index in [1.165, 1.54) is 19.2 Å². The van der Waals surface area contributed by atoms with Crippen LogP contribution in [0, 0.1) is 6.92 Å². The van der Waals surface area contributed by atoms with Crippen LogP contribution in [0.1, 0.15) is 30.4 Å². The second-order valence-corrected chi connectivity index (χ2v) is 5.71. The lowest BCUT2D eigenvalue weighted by Crippen LogP contribution is -2.31. The number of hydrogen-bond donors (Lipinski definition) is 1. The van der Waals surface area contributed by atoms with Gasteiger partial charge in [0, 0.05) is 6.54 Å². The van der Waals surface area contributed by atoms with Gasteiger partial charge in [0.25, 0.3) is 0 Å². The van der Waals surface area contributed by atoms with Gasteiger partial charge in [-0.1, -0.05) is 11.6 Å². The van der Waals surface area contributed by atoms with Crippen LogP contribution in [0.2, 0.25) is 5.02 Å². The Morgan fingerprint density at radius 2 is 2.19 bits per heavy atom. The molecule has 2 aromatic rings. The van der Waals surface area contributed by atoms with E-state index in [9.17, 15) is 0 Å². The summed E-state index contributed by atoms with van der Waals surface area (Å²) in [5, 5.41) is 3.85. The van der Waals surface area contributed by atoms with Gasteiger partial charge < -0.3 is 9.73 Å². The van der Waals surface area contributed by atoms with Crippen molar-refractivity contribution in [3.8, 4) is 0 Å². The second-order valence-electron chi connectivity index (χ2n) is 5.31. The van der Waals surface area contributed by atoms with Crippen molar-refractivity contribution in [1.82, 2.24) is 14.9 Å². The summed E-state index contributed by atoms with van der Waals surface area (Å²) in [7, 11) is 0. The molecule has 0 aliphatic carbocycles. The van der Waals surface area contributed by atoms with Gasteiger partial charge >= 0.3 is 0 Å². The summed E-state index contributed by atoms with van der Waals surface area (Å²) in [6.45, 7) is 4.89. The molecule has 0 saturated carbocycles. The molecule has 0 aromatic carbocycles. The van der Waals surface area contributed by atoms with Crippen LogP contribution in [0.4, 0.5) is 5.82 Å². The molecule has 3 rings (SSSR count). The SMILES string of the molecule is Cc1ccc(C(CNc2ncncc2Cl)N2CCCC2)o1. The molecule has 1 unspecified atom stereocenters. The van der Waals surface area contributed by atoms with Crippen LogP contribution in [-0.2, 0) is 0 Å². The van der Waals surface area contributed by atoms with Crippen molar-refractivity contribution in [2.24, 2.45) is 0 Å². The van der Waals surface area contributed by atoms with E-state index < -0.39 is 0 Å². The van der Waals surface area contributed by atoms with Gasteiger partial charge in [0.1, 0.15) is 28.7 Å². The second kappa shape index (κ2) is 6.45. The van der Waals surface area contributed by atoms with Crippen LogP contribution >= 0.6 is 11.6 Å². The van der Waals surface area contributed by atoms with Crippen molar-refractivity contribution < 1.29 is 4.42 Å². The largest absolute Gasteiger partial charge is 0.465 e. The van der Waals surface area contributed by atoms with Crippen molar-refractivity contribution in [3.05, 3.63) is 41.2 Å². The molecule has 1 aliphatic heterocycles. The van der Waals surface area contributed by atoms with Gasteiger partial charge in [-0.15, -0.1) is 0 Å². The van der Waals surface area contributed by atoms with E-state index in [2.05, 4.69) is 26.3 Å². The smallest absolute Gasteiger partial charge is 0.148 e. The fraction of sp³-hybridized carbons (Fsp3) is 0.467. The zero-order valence-corrected chi connectivity index (χ0v) is 12.8. The monoisotopic (exact) mass is 306 g/mol. The summed E-state index contributed by atoms with van der Waals surface area (Å²) < 4.78 is 5.83. The zero-order valence-electron chi connectivity index (χ0n) is 12.1. The molecule has 1 saturated heterocycles. The minimum atomic E-state index is 0.201. The average Bonchev–Trinajstić information content (AvgIpc) is 3.13. The van der Waals surface area contributed by atoms with Crippen molar-refractivity contribution in [2.45, 2.75) is 25.8 Å². The molecule has 0 radical (unpaired) electrons. The first-order valence-electron chi connectivity index (χ1n) is 7.24. The van der Waals surface area contributed by atoms with E-state index in [0.29, 0.717) is 17.4 Å². The highest BCUT2D eigenvalue weighted by molar-refractivity contribution is 6.32. The van der Waals surface area contributed by atoms with Gasteiger partial charge in [0.05, 0.1) is 12.2 Å². The Labute approximate surface area is 129 Å². The number of nitrogens with one attached hydrogen (secondary N) is 1. The summed E-state index contributed by atoms with van der Waals surface area (Å²) in [6.07, 6.45) is 5.57. The fourth-order valence-corrected chi connectivity index (χ4v) is 2.90. The van der Waals surface area contributed by atoms with Crippen LogP contribution in [-0.4, -0.2) is 34.5 Å². The summed E-state index contributed by atoms with van der Waals surface area (Å²) >= 11 is 6.09. The highest BCUT2D eigenvalue weighted by atomic mass is 35.5. The van der Waals surface area contributed by atoms with E-state index in [1.807, 2.05) is 13.0 Å². The maximum absolute atomic E-state index is 6.09. The molecule has 21 heavy (non-hydrogen) atoms. The minimum Gasteiger partial charge on any atom is -0.465 e. The number of anilines is 1. The first-order valence-corrected chi connectivity index (χ1v) is 7.61. The Hall–Kier alpha value is -1.59. The summed E-state index contributed by atoms with van der Waals surface area (Å²) in [6, 6.07) is 4.27. The Balaban J connectivity index is 1.74. The lowest BCUT2D eigenvalue weighted by molar-refractivity contribution is 0.223. The van der Waals surface area contributed by atoms with Crippen molar-refractivity contribution >= 4 is 17.4 Å². The standard InChI is InChI=1S/C15H19ClN4O/c1-11-4-5-14(21-11)13(20-6-2-3-7-20)9-18-15-12(16)8-17-10-19-15/h4-5,8,10,13H,2-3,6-7,9H2,1H3,(H,17,18,19). The number of aromatic nitrogens is 2. The van der Waals surface area contributed by atoms with E-state index >= 15 is 0 Å². The molecule has 1 fully saturated rings. The van der Waals surface area contributed by atoms with Crippen LogP contribution in [0.3, 0.4) is 0 Å². The minimum absolute atomic E-state index is 0.201. The molecule has 0 spiro atoms. The predicted octanol–water partition coefficient (Wildman–Crippen LogP) is 3.28. The van der Waals surface area contributed by atoms with Gasteiger partial charge in [-0.25, -0.2) is 9.97 Å². The Bertz CT molecular complexity index is 595. The number of furan rings is 1. The third kappa shape index (κ3) is 3.36. The van der Waals surface area contributed by atoms with Crippen molar-refractivity contribution in [3.63, 3.8) is 0 Å². The molecule has 0 amide bonds. The molecule has 1 N–H and O–H groups in total. The normalized spacial score (nSPS) is 17.0. The van der Waals surface area contributed by atoms with Gasteiger partial charge in [-0.2, -0.15) is 0 Å². The lowest BCUT2D eigenvalue weighted by Gasteiger charge is -2.26. The van der Waals surface area contributed by atoms with E-state index in [-0.39, 0.29) is 6.04 Å². The third-order valence-corrected chi connectivity index (χ3v) is 4.08. The van der Waals surface area contributed by atoms with E-state index in [4.69, 9.17) is 16.0 Å². The molecule has 5 nitrogen and oxygen atoms in total. The summed E-state index contributed by atoms with van der Waals surface area (Å²) in [5.41, 5.74) is 0.